The van der Waals surface area contributed by atoms with Crippen LogP contribution in [0.15, 0.2) is 18.2 Å². The summed E-state index contributed by atoms with van der Waals surface area (Å²) in [5.41, 5.74) is 1.51. The van der Waals surface area contributed by atoms with Gasteiger partial charge in [0.05, 0.1) is 0 Å². The minimum atomic E-state index is 0.0919. The van der Waals surface area contributed by atoms with Gasteiger partial charge in [0.15, 0.2) is 5.78 Å². The topological polar surface area (TPSA) is 30.0 Å². The fourth-order valence-electron chi connectivity index (χ4n) is 1.50. The number of Topliss-reactive ketones (excluding diaryl/α,β-unsaturated/α-hetero) is 1. The first-order chi connectivity index (χ1) is 6.65. The Bertz CT molecular complexity index is 320. The molecule has 14 heavy (non-hydrogen) atoms. The second-order valence-corrected chi connectivity index (χ2v) is 3.72. The Hall–Kier alpha value is -1.18. The molecule has 1 aromatic heterocycles. The monoisotopic (exact) mass is 191 g/mol. The highest BCUT2D eigenvalue weighted by atomic mass is 16.1. The molecule has 0 saturated heterocycles. The number of aryl methyl sites for hydroxylation is 1. The van der Waals surface area contributed by atoms with Gasteiger partial charge in [-0.05, 0) is 25.5 Å². The SMILES string of the molecule is CCCC(C)C(=O)c1cccc(C)n1. The van der Waals surface area contributed by atoms with Crippen LogP contribution in [-0.4, -0.2) is 10.8 Å². The van der Waals surface area contributed by atoms with Crippen molar-refractivity contribution < 1.29 is 4.79 Å². The molecule has 0 N–H and O–H groups in total. The Morgan fingerprint density at radius 3 is 2.79 bits per heavy atom. The first-order valence-electron chi connectivity index (χ1n) is 5.13. The van der Waals surface area contributed by atoms with Gasteiger partial charge in [0.25, 0.3) is 0 Å². The zero-order chi connectivity index (χ0) is 10.6. The maximum Gasteiger partial charge on any atom is 0.183 e. The first kappa shape index (κ1) is 10.9. The number of hydrogen-bond acceptors (Lipinski definition) is 2. The summed E-state index contributed by atoms with van der Waals surface area (Å²) in [6, 6.07) is 5.58. The molecule has 1 unspecified atom stereocenters. The van der Waals surface area contributed by atoms with Gasteiger partial charge in [-0.2, -0.15) is 0 Å². The van der Waals surface area contributed by atoms with E-state index in [4.69, 9.17) is 0 Å². The van der Waals surface area contributed by atoms with Crippen LogP contribution in [0.1, 0.15) is 42.9 Å². The average molecular weight is 191 g/mol. The smallest absolute Gasteiger partial charge is 0.183 e. The molecule has 76 valence electrons. The Morgan fingerprint density at radius 2 is 2.21 bits per heavy atom. The summed E-state index contributed by atoms with van der Waals surface area (Å²) in [6.45, 7) is 5.96. The summed E-state index contributed by atoms with van der Waals surface area (Å²) in [7, 11) is 0. The van der Waals surface area contributed by atoms with E-state index in [0.717, 1.165) is 18.5 Å². The lowest BCUT2D eigenvalue weighted by Crippen LogP contribution is -2.12. The maximum absolute atomic E-state index is 11.8. The lowest BCUT2D eigenvalue weighted by atomic mass is 9.98. The zero-order valence-corrected chi connectivity index (χ0v) is 9.08. The van der Waals surface area contributed by atoms with E-state index in [1.165, 1.54) is 0 Å². The van der Waals surface area contributed by atoms with E-state index in [1.807, 2.05) is 26.0 Å². The van der Waals surface area contributed by atoms with E-state index < -0.39 is 0 Å². The Labute approximate surface area is 85.4 Å². The number of pyridine rings is 1. The van der Waals surface area contributed by atoms with Crippen LogP contribution in [-0.2, 0) is 0 Å². The Kier molecular flexibility index (Phi) is 3.81. The highest BCUT2D eigenvalue weighted by Crippen LogP contribution is 2.12. The van der Waals surface area contributed by atoms with Crippen LogP contribution in [0.2, 0.25) is 0 Å². The van der Waals surface area contributed by atoms with Gasteiger partial charge in [0.2, 0.25) is 0 Å². The molecule has 1 atom stereocenters. The van der Waals surface area contributed by atoms with Gasteiger partial charge in [0.1, 0.15) is 5.69 Å². The molecule has 2 nitrogen and oxygen atoms in total. The van der Waals surface area contributed by atoms with Crippen molar-refractivity contribution in [2.24, 2.45) is 5.92 Å². The van der Waals surface area contributed by atoms with Gasteiger partial charge < -0.3 is 0 Å². The predicted molar refractivity (Wildman–Crippen MR) is 57.4 cm³/mol. The molecule has 1 rings (SSSR count). The van der Waals surface area contributed by atoms with E-state index in [1.54, 1.807) is 6.07 Å². The summed E-state index contributed by atoms with van der Waals surface area (Å²) < 4.78 is 0. The van der Waals surface area contributed by atoms with Gasteiger partial charge in [0, 0.05) is 11.6 Å². The van der Waals surface area contributed by atoms with Crippen LogP contribution >= 0.6 is 0 Å². The fourth-order valence-corrected chi connectivity index (χ4v) is 1.50. The third kappa shape index (κ3) is 2.66. The predicted octanol–water partition coefficient (Wildman–Crippen LogP) is 3.01. The van der Waals surface area contributed by atoms with Gasteiger partial charge >= 0.3 is 0 Å². The molecular formula is C12H17NO. The number of rotatable bonds is 4. The zero-order valence-electron chi connectivity index (χ0n) is 9.08. The Balaban J connectivity index is 2.78. The van der Waals surface area contributed by atoms with Gasteiger partial charge in [-0.25, -0.2) is 0 Å². The molecule has 0 radical (unpaired) electrons. The molecule has 0 aromatic carbocycles. The molecule has 0 spiro atoms. The highest BCUT2D eigenvalue weighted by Gasteiger charge is 2.15. The minimum absolute atomic E-state index is 0.0919. The molecule has 0 amide bonds. The Morgan fingerprint density at radius 1 is 1.50 bits per heavy atom. The third-order valence-corrected chi connectivity index (χ3v) is 2.31. The van der Waals surface area contributed by atoms with E-state index in [-0.39, 0.29) is 11.7 Å². The van der Waals surface area contributed by atoms with Crippen molar-refractivity contribution in [3.63, 3.8) is 0 Å². The molecule has 0 bridgehead atoms. The number of carbonyl (C=O) groups excluding carboxylic acids is 1. The van der Waals surface area contributed by atoms with Crippen LogP contribution in [0, 0.1) is 12.8 Å². The quantitative estimate of drug-likeness (QED) is 0.685. The highest BCUT2D eigenvalue weighted by molar-refractivity contribution is 5.95. The number of nitrogens with zero attached hydrogens (tertiary/aromatic N) is 1. The molecular weight excluding hydrogens is 174 g/mol. The van der Waals surface area contributed by atoms with Crippen molar-refractivity contribution in [2.75, 3.05) is 0 Å². The van der Waals surface area contributed by atoms with Crippen LogP contribution in [0.3, 0.4) is 0 Å². The van der Waals surface area contributed by atoms with Gasteiger partial charge in [-0.1, -0.05) is 26.3 Å². The summed E-state index contributed by atoms with van der Waals surface area (Å²) in [6.07, 6.45) is 1.98. The lowest BCUT2D eigenvalue weighted by molar-refractivity contribution is 0.0918. The second-order valence-electron chi connectivity index (χ2n) is 3.72. The summed E-state index contributed by atoms with van der Waals surface area (Å²) in [4.78, 5) is 16.1. The molecule has 2 heteroatoms. The van der Waals surface area contributed by atoms with E-state index in [0.29, 0.717) is 5.69 Å². The minimum Gasteiger partial charge on any atom is -0.292 e. The molecule has 0 fully saturated rings. The lowest BCUT2D eigenvalue weighted by Gasteiger charge is -2.08. The van der Waals surface area contributed by atoms with Crippen molar-refractivity contribution in [3.8, 4) is 0 Å². The molecule has 1 aromatic rings. The fraction of sp³-hybridized carbons (Fsp3) is 0.500. The molecule has 0 aliphatic carbocycles. The third-order valence-electron chi connectivity index (χ3n) is 2.31. The van der Waals surface area contributed by atoms with Crippen molar-refractivity contribution in [1.82, 2.24) is 4.98 Å². The van der Waals surface area contributed by atoms with E-state index in [9.17, 15) is 4.79 Å². The number of ketones is 1. The van der Waals surface area contributed by atoms with Crippen molar-refractivity contribution in [1.29, 1.82) is 0 Å². The number of aromatic nitrogens is 1. The van der Waals surface area contributed by atoms with Gasteiger partial charge in [-0.3, -0.25) is 9.78 Å². The van der Waals surface area contributed by atoms with Crippen molar-refractivity contribution in [3.05, 3.63) is 29.6 Å². The van der Waals surface area contributed by atoms with E-state index in [2.05, 4.69) is 11.9 Å². The van der Waals surface area contributed by atoms with E-state index >= 15 is 0 Å². The number of hydrogen-bond donors (Lipinski definition) is 0. The van der Waals surface area contributed by atoms with Crippen molar-refractivity contribution in [2.45, 2.75) is 33.6 Å². The van der Waals surface area contributed by atoms with Crippen LogP contribution in [0.5, 0.6) is 0 Å². The summed E-state index contributed by atoms with van der Waals surface area (Å²) >= 11 is 0. The first-order valence-corrected chi connectivity index (χ1v) is 5.13. The van der Waals surface area contributed by atoms with Crippen molar-refractivity contribution >= 4 is 5.78 Å². The average Bonchev–Trinajstić information content (AvgIpc) is 2.17. The standard InChI is InChI=1S/C12H17NO/c1-4-6-9(2)12(14)11-8-5-7-10(3)13-11/h5,7-9H,4,6H2,1-3H3. The molecule has 0 aliphatic rings. The molecule has 0 saturated carbocycles. The van der Waals surface area contributed by atoms with Crippen LogP contribution < -0.4 is 0 Å². The van der Waals surface area contributed by atoms with Crippen LogP contribution in [0.4, 0.5) is 0 Å². The summed E-state index contributed by atoms with van der Waals surface area (Å²) in [5.74, 6) is 0.254. The van der Waals surface area contributed by atoms with Gasteiger partial charge in [-0.15, -0.1) is 0 Å². The molecule has 1 heterocycles. The number of carbonyl (C=O) groups is 1. The van der Waals surface area contributed by atoms with Crippen LogP contribution in [0.25, 0.3) is 0 Å². The molecule has 0 aliphatic heterocycles. The normalized spacial score (nSPS) is 12.5. The second kappa shape index (κ2) is 4.89. The summed E-state index contributed by atoms with van der Waals surface area (Å²) in [5, 5.41) is 0. The largest absolute Gasteiger partial charge is 0.292 e. The maximum atomic E-state index is 11.8.